The van der Waals surface area contributed by atoms with Crippen LogP contribution in [0.3, 0.4) is 0 Å². The summed E-state index contributed by atoms with van der Waals surface area (Å²) in [6.07, 6.45) is 1.69. The zero-order chi connectivity index (χ0) is 14.1. The second-order valence-corrected chi connectivity index (χ2v) is 4.81. The van der Waals surface area contributed by atoms with Gasteiger partial charge in [0.1, 0.15) is 10.3 Å². The molecule has 0 atom stereocenters. The molecule has 0 radical (unpaired) electrons. The summed E-state index contributed by atoms with van der Waals surface area (Å²) in [6.45, 7) is 0. The number of rotatable bonds is 3. The first-order valence-electron chi connectivity index (χ1n) is 5.65. The number of carboxylic acids is 1. The smallest absolute Gasteiger partial charge is 0.374 e. The van der Waals surface area contributed by atoms with E-state index in [2.05, 4.69) is 26.2 Å². The van der Waals surface area contributed by atoms with Crippen LogP contribution in [0.4, 0.5) is 0 Å². The molecule has 2 aromatic heterocycles. The van der Waals surface area contributed by atoms with Crippen molar-refractivity contribution in [2.75, 3.05) is 0 Å². The van der Waals surface area contributed by atoms with E-state index in [0.29, 0.717) is 5.69 Å². The Morgan fingerprint density at radius 2 is 2.00 bits per heavy atom. The fraction of sp³-hybridized carbons (Fsp3) is 0. The van der Waals surface area contributed by atoms with Crippen molar-refractivity contribution in [1.82, 2.24) is 14.9 Å². The number of hydrogen-bond acceptors (Lipinski definition) is 4. The minimum Gasteiger partial charge on any atom is -0.475 e. The van der Waals surface area contributed by atoms with Gasteiger partial charge in [-0.1, -0.05) is 17.3 Å². The lowest BCUT2D eigenvalue weighted by Gasteiger charge is -2.03. The second kappa shape index (κ2) is 4.93. The molecule has 1 aromatic carbocycles. The highest BCUT2D eigenvalue weighted by Gasteiger charge is 2.12. The van der Waals surface area contributed by atoms with Gasteiger partial charge in [0.2, 0.25) is 5.76 Å². The van der Waals surface area contributed by atoms with Crippen molar-refractivity contribution < 1.29 is 14.4 Å². The summed E-state index contributed by atoms with van der Waals surface area (Å²) in [7, 11) is 0. The van der Waals surface area contributed by atoms with Crippen LogP contribution >= 0.6 is 15.9 Å². The summed E-state index contributed by atoms with van der Waals surface area (Å²) in [5.41, 5.74) is 2.13. The highest BCUT2D eigenvalue weighted by Crippen LogP contribution is 2.22. The van der Waals surface area contributed by atoms with E-state index in [1.54, 1.807) is 10.9 Å². The molecule has 7 heteroatoms. The summed E-state index contributed by atoms with van der Waals surface area (Å²) in [6, 6.07) is 10.6. The molecule has 2 heterocycles. The highest BCUT2D eigenvalue weighted by atomic mass is 79.9. The van der Waals surface area contributed by atoms with E-state index in [9.17, 15) is 4.79 Å². The molecule has 3 aromatic rings. The Morgan fingerprint density at radius 3 is 2.55 bits per heavy atom. The van der Waals surface area contributed by atoms with Crippen LogP contribution < -0.4 is 0 Å². The number of carboxylic acid groups (broad SMARTS) is 1. The van der Waals surface area contributed by atoms with Crippen LogP contribution in [0, 0.1) is 0 Å². The Balaban J connectivity index is 1.93. The number of halogens is 1. The molecular formula is C13H8BrN3O3. The SMILES string of the molecule is O=C(O)c1cc(-c2ccc(-n3nccc3Br)cc2)no1. The average molecular weight is 334 g/mol. The maximum absolute atomic E-state index is 10.7. The first-order valence-corrected chi connectivity index (χ1v) is 6.45. The normalized spacial score (nSPS) is 10.7. The third-order valence-electron chi connectivity index (χ3n) is 2.73. The fourth-order valence-electron chi connectivity index (χ4n) is 1.76. The van der Waals surface area contributed by atoms with Crippen molar-refractivity contribution in [2.45, 2.75) is 0 Å². The average Bonchev–Trinajstić information content (AvgIpc) is 3.07. The molecule has 0 unspecified atom stereocenters. The van der Waals surface area contributed by atoms with Gasteiger partial charge in [0.15, 0.2) is 0 Å². The van der Waals surface area contributed by atoms with Gasteiger partial charge in [0.25, 0.3) is 0 Å². The highest BCUT2D eigenvalue weighted by molar-refractivity contribution is 9.10. The first-order chi connectivity index (χ1) is 9.65. The van der Waals surface area contributed by atoms with Gasteiger partial charge in [-0.2, -0.15) is 5.10 Å². The van der Waals surface area contributed by atoms with Gasteiger partial charge in [-0.3, -0.25) is 0 Å². The van der Waals surface area contributed by atoms with Gasteiger partial charge in [-0.15, -0.1) is 0 Å². The zero-order valence-electron chi connectivity index (χ0n) is 10.0. The van der Waals surface area contributed by atoms with Crippen LogP contribution in [0.15, 0.2) is 51.7 Å². The molecule has 0 aliphatic rings. The van der Waals surface area contributed by atoms with Gasteiger partial charge in [-0.05, 0) is 34.1 Å². The maximum atomic E-state index is 10.7. The molecule has 0 spiro atoms. The molecule has 6 nitrogen and oxygen atoms in total. The van der Waals surface area contributed by atoms with Crippen LogP contribution in [0.1, 0.15) is 10.6 Å². The summed E-state index contributed by atoms with van der Waals surface area (Å²) in [5.74, 6) is -1.32. The molecule has 1 N–H and O–H groups in total. The van der Waals surface area contributed by atoms with Crippen LogP contribution in [-0.2, 0) is 0 Å². The van der Waals surface area contributed by atoms with Crippen molar-refractivity contribution in [3.63, 3.8) is 0 Å². The molecular weight excluding hydrogens is 326 g/mol. The second-order valence-electron chi connectivity index (χ2n) is 3.99. The third kappa shape index (κ3) is 2.23. The number of aromatic nitrogens is 3. The molecule has 0 aliphatic heterocycles. The summed E-state index contributed by atoms with van der Waals surface area (Å²) in [4.78, 5) is 10.7. The Kier molecular flexibility index (Phi) is 3.11. The quantitative estimate of drug-likeness (QED) is 0.796. The Labute approximate surface area is 121 Å². The topological polar surface area (TPSA) is 81.1 Å². The predicted molar refractivity (Wildman–Crippen MR) is 73.7 cm³/mol. The van der Waals surface area contributed by atoms with Crippen molar-refractivity contribution >= 4 is 21.9 Å². The van der Waals surface area contributed by atoms with Gasteiger partial charge in [0, 0.05) is 11.6 Å². The molecule has 0 aliphatic carbocycles. The molecule has 20 heavy (non-hydrogen) atoms. The van der Waals surface area contributed by atoms with Gasteiger partial charge >= 0.3 is 5.97 Å². The van der Waals surface area contributed by atoms with E-state index in [0.717, 1.165) is 15.9 Å². The molecule has 0 bridgehead atoms. The molecule has 0 saturated carbocycles. The van der Waals surface area contributed by atoms with E-state index in [1.165, 1.54) is 6.07 Å². The Morgan fingerprint density at radius 1 is 1.25 bits per heavy atom. The number of hydrogen-bond donors (Lipinski definition) is 1. The molecule has 100 valence electrons. The summed E-state index contributed by atoms with van der Waals surface area (Å²) in [5, 5.41) is 16.7. The van der Waals surface area contributed by atoms with Gasteiger partial charge < -0.3 is 9.63 Å². The largest absolute Gasteiger partial charge is 0.475 e. The third-order valence-corrected chi connectivity index (χ3v) is 3.33. The molecule has 3 rings (SSSR count). The Bertz CT molecular complexity index is 761. The van der Waals surface area contributed by atoms with Gasteiger partial charge in [-0.25, -0.2) is 9.48 Å². The van der Waals surface area contributed by atoms with Crippen LogP contribution in [-0.4, -0.2) is 26.0 Å². The standard InChI is InChI=1S/C13H8BrN3O3/c14-12-5-6-15-17(12)9-3-1-8(2-4-9)10-7-11(13(18)19)20-16-10/h1-7H,(H,18,19). The lowest BCUT2D eigenvalue weighted by molar-refractivity contribution is 0.0652. The molecule has 0 saturated heterocycles. The lowest BCUT2D eigenvalue weighted by atomic mass is 10.1. The fourth-order valence-corrected chi connectivity index (χ4v) is 2.18. The van der Waals surface area contributed by atoms with E-state index in [-0.39, 0.29) is 5.76 Å². The first kappa shape index (κ1) is 12.6. The van der Waals surface area contributed by atoms with Gasteiger partial charge in [0.05, 0.1) is 11.9 Å². The van der Waals surface area contributed by atoms with Crippen molar-refractivity contribution in [2.24, 2.45) is 0 Å². The van der Waals surface area contributed by atoms with E-state index in [4.69, 9.17) is 9.63 Å². The van der Waals surface area contributed by atoms with Crippen molar-refractivity contribution in [1.29, 1.82) is 0 Å². The van der Waals surface area contributed by atoms with Crippen molar-refractivity contribution in [3.05, 3.63) is 53.0 Å². The zero-order valence-corrected chi connectivity index (χ0v) is 11.6. The number of benzene rings is 1. The van der Waals surface area contributed by atoms with Crippen LogP contribution in [0.5, 0.6) is 0 Å². The van der Waals surface area contributed by atoms with E-state index >= 15 is 0 Å². The van der Waals surface area contributed by atoms with Crippen molar-refractivity contribution in [3.8, 4) is 16.9 Å². The maximum Gasteiger partial charge on any atom is 0.374 e. The lowest BCUT2D eigenvalue weighted by Crippen LogP contribution is -1.95. The monoisotopic (exact) mass is 333 g/mol. The molecule has 0 fully saturated rings. The van der Waals surface area contributed by atoms with E-state index in [1.807, 2.05) is 30.3 Å². The van der Waals surface area contributed by atoms with Crippen LogP contribution in [0.25, 0.3) is 16.9 Å². The molecule has 0 amide bonds. The Hall–Kier alpha value is -2.41. The predicted octanol–water partition coefficient (Wildman–Crippen LogP) is 2.99. The minimum atomic E-state index is -1.14. The summed E-state index contributed by atoms with van der Waals surface area (Å²) >= 11 is 3.39. The van der Waals surface area contributed by atoms with E-state index < -0.39 is 5.97 Å². The number of carbonyl (C=O) groups is 1. The van der Waals surface area contributed by atoms with Crippen LogP contribution in [0.2, 0.25) is 0 Å². The number of nitrogens with zero attached hydrogens (tertiary/aromatic N) is 3. The minimum absolute atomic E-state index is 0.182. The summed E-state index contributed by atoms with van der Waals surface area (Å²) < 4.78 is 7.31. The number of aromatic carboxylic acids is 1.